The molecule has 0 aliphatic heterocycles. The lowest BCUT2D eigenvalue weighted by Gasteiger charge is -2.43. The molecule has 0 unspecified atom stereocenters. The van der Waals surface area contributed by atoms with Crippen molar-refractivity contribution in [3.63, 3.8) is 0 Å². The average Bonchev–Trinajstić information content (AvgIpc) is 2.79. The molecule has 162 valence electrons. The lowest BCUT2D eigenvalue weighted by molar-refractivity contribution is -0.544. The van der Waals surface area contributed by atoms with E-state index in [4.69, 9.17) is 9.98 Å². The van der Waals surface area contributed by atoms with E-state index in [1.165, 1.54) is 128 Å². The molecule has 4 saturated carbocycles. The number of hydroxylamine groups is 4. The van der Waals surface area contributed by atoms with Crippen LogP contribution in [0, 0.1) is 0 Å². The first-order chi connectivity index (χ1) is 13.9. The molecule has 0 aromatic carbocycles. The van der Waals surface area contributed by atoms with Gasteiger partial charge in [-0.05, 0) is 51.4 Å². The molecule has 4 heteroatoms. The van der Waals surface area contributed by atoms with Crippen molar-refractivity contribution in [1.29, 1.82) is 0 Å². The van der Waals surface area contributed by atoms with Crippen molar-refractivity contribution < 1.29 is 9.98 Å². The van der Waals surface area contributed by atoms with Gasteiger partial charge in [-0.2, -0.15) is 0 Å². The van der Waals surface area contributed by atoms with Crippen LogP contribution in [0.5, 0.6) is 0 Å². The summed E-state index contributed by atoms with van der Waals surface area (Å²) in [6, 6.07) is 2.26. The minimum absolute atomic E-state index is 0.566. The third-order valence-corrected chi connectivity index (χ3v) is 7.94. The summed E-state index contributed by atoms with van der Waals surface area (Å²) < 4.78 is 0. The van der Waals surface area contributed by atoms with Crippen molar-refractivity contribution in [3.05, 3.63) is 0 Å². The zero-order chi connectivity index (χ0) is 19.0. The van der Waals surface area contributed by atoms with Gasteiger partial charge in [-0.15, -0.1) is 20.1 Å². The van der Waals surface area contributed by atoms with Crippen molar-refractivity contribution in [2.75, 3.05) is 0 Å². The zero-order valence-electron chi connectivity index (χ0n) is 18.2. The average molecular weight is 393 g/mol. The Labute approximate surface area is 173 Å². The summed E-state index contributed by atoms with van der Waals surface area (Å²) in [5, 5.41) is 4.69. The molecule has 0 heterocycles. The number of hydrogen-bond acceptors (Lipinski definition) is 4. The first-order valence-corrected chi connectivity index (χ1v) is 12.8. The highest BCUT2D eigenvalue weighted by Crippen LogP contribution is 2.33. The third kappa shape index (κ3) is 5.71. The van der Waals surface area contributed by atoms with E-state index in [9.17, 15) is 0 Å². The minimum atomic E-state index is 0.566. The molecule has 0 radical (unpaired) electrons. The second-order valence-electron chi connectivity index (χ2n) is 10.0. The maximum absolute atomic E-state index is 6.35. The Morgan fingerprint density at radius 2 is 0.536 bits per heavy atom. The van der Waals surface area contributed by atoms with E-state index in [1.807, 2.05) is 0 Å². The van der Waals surface area contributed by atoms with Crippen molar-refractivity contribution in [2.45, 2.75) is 153 Å². The summed E-state index contributed by atoms with van der Waals surface area (Å²) in [4.78, 5) is 12.7. The minimum Gasteiger partial charge on any atom is -0.149 e. The zero-order valence-corrected chi connectivity index (χ0v) is 18.2. The van der Waals surface area contributed by atoms with E-state index in [2.05, 4.69) is 10.1 Å². The molecule has 0 saturated heterocycles. The quantitative estimate of drug-likeness (QED) is 0.355. The van der Waals surface area contributed by atoms with Gasteiger partial charge in [-0.3, -0.25) is 0 Å². The van der Waals surface area contributed by atoms with E-state index in [0.717, 1.165) is 0 Å². The molecule has 4 nitrogen and oxygen atoms in total. The Balaban J connectivity index is 1.41. The number of rotatable bonds is 7. The Bertz CT molecular complexity index is 346. The van der Waals surface area contributed by atoms with Crippen LogP contribution in [0.1, 0.15) is 128 Å². The van der Waals surface area contributed by atoms with Gasteiger partial charge in [0.1, 0.15) is 0 Å². The number of nitrogens with zero attached hydrogens (tertiary/aromatic N) is 2. The molecule has 0 amide bonds. The summed E-state index contributed by atoms with van der Waals surface area (Å²) in [7, 11) is 0. The largest absolute Gasteiger partial charge is 0.149 e. The first-order valence-electron chi connectivity index (χ1n) is 12.8. The van der Waals surface area contributed by atoms with Gasteiger partial charge >= 0.3 is 0 Å². The molecule has 28 heavy (non-hydrogen) atoms. The Morgan fingerprint density at radius 1 is 0.321 bits per heavy atom. The van der Waals surface area contributed by atoms with Crippen LogP contribution >= 0.6 is 0 Å². The molecule has 0 aromatic rings. The summed E-state index contributed by atoms with van der Waals surface area (Å²) >= 11 is 0. The van der Waals surface area contributed by atoms with Crippen LogP contribution in [0.4, 0.5) is 0 Å². The smallest absolute Gasteiger partial charge is 0.0386 e. The van der Waals surface area contributed by atoms with Gasteiger partial charge in [0.2, 0.25) is 0 Å². The van der Waals surface area contributed by atoms with Crippen LogP contribution in [-0.4, -0.2) is 34.3 Å². The Morgan fingerprint density at radius 3 is 0.750 bits per heavy atom. The van der Waals surface area contributed by atoms with Gasteiger partial charge in [-0.1, -0.05) is 77.0 Å². The molecule has 0 N–H and O–H groups in total. The fourth-order valence-electron chi connectivity index (χ4n) is 6.26. The van der Waals surface area contributed by atoms with Gasteiger partial charge in [0, 0.05) is 24.2 Å². The summed E-state index contributed by atoms with van der Waals surface area (Å²) in [6.45, 7) is 0. The lowest BCUT2D eigenvalue weighted by atomic mass is 9.90. The maximum atomic E-state index is 6.35. The molecule has 0 spiro atoms. The van der Waals surface area contributed by atoms with Crippen LogP contribution in [0.25, 0.3) is 0 Å². The second-order valence-corrected chi connectivity index (χ2v) is 10.0. The van der Waals surface area contributed by atoms with E-state index < -0.39 is 0 Å². The van der Waals surface area contributed by atoms with Gasteiger partial charge in [0.25, 0.3) is 0 Å². The molecule has 0 aromatic heterocycles. The van der Waals surface area contributed by atoms with Gasteiger partial charge < -0.3 is 0 Å². The third-order valence-electron chi connectivity index (χ3n) is 7.94. The maximum Gasteiger partial charge on any atom is 0.0386 e. The van der Waals surface area contributed by atoms with Crippen LogP contribution in [0.2, 0.25) is 0 Å². The molecule has 4 fully saturated rings. The van der Waals surface area contributed by atoms with Crippen molar-refractivity contribution in [3.8, 4) is 0 Å². The van der Waals surface area contributed by atoms with Crippen LogP contribution in [0.3, 0.4) is 0 Å². The van der Waals surface area contributed by atoms with Crippen LogP contribution < -0.4 is 0 Å². The highest BCUT2D eigenvalue weighted by atomic mass is 17.3. The van der Waals surface area contributed by atoms with E-state index in [1.54, 1.807) is 0 Å². The van der Waals surface area contributed by atoms with E-state index in [-0.39, 0.29) is 0 Å². The predicted molar refractivity (Wildman–Crippen MR) is 113 cm³/mol. The SMILES string of the molecule is C1CCC(N(OON(C2CCCCC2)C2CCCCC2)C2CCCCC2)CC1. The summed E-state index contributed by atoms with van der Waals surface area (Å²) in [6.07, 6.45) is 26.7. The highest BCUT2D eigenvalue weighted by Gasteiger charge is 2.35. The Kier molecular flexibility index (Phi) is 8.50. The normalized spacial score (nSPS) is 27.6. The molecule has 4 rings (SSSR count). The number of hydrogen-bond donors (Lipinski definition) is 0. The first kappa shape index (κ1) is 21.1. The van der Waals surface area contributed by atoms with E-state index in [0.29, 0.717) is 24.2 Å². The fraction of sp³-hybridized carbons (Fsp3) is 1.00. The molecular weight excluding hydrogens is 348 g/mol. The van der Waals surface area contributed by atoms with Gasteiger partial charge in [0.05, 0.1) is 0 Å². The van der Waals surface area contributed by atoms with E-state index >= 15 is 0 Å². The molecule has 0 bridgehead atoms. The highest BCUT2D eigenvalue weighted by molar-refractivity contribution is 4.81. The second kappa shape index (κ2) is 11.3. The Hall–Kier alpha value is -0.160. The summed E-state index contributed by atoms with van der Waals surface area (Å²) in [5.74, 6) is 0. The monoisotopic (exact) mass is 392 g/mol. The molecule has 4 aliphatic carbocycles. The van der Waals surface area contributed by atoms with Crippen molar-refractivity contribution in [1.82, 2.24) is 10.1 Å². The molecule has 0 atom stereocenters. The van der Waals surface area contributed by atoms with Crippen LogP contribution in [-0.2, 0) is 9.98 Å². The molecule has 4 aliphatic rings. The van der Waals surface area contributed by atoms with Gasteiger partial charge in [-0.25, -0.2) is 0 Å². The van der Waals surface area contributed by atoms with Crippen molar-refractivity contribution >= 4 is 0 Å². The predicted octanol–water partition coefficient (Wildman–Crippen LogP) is 6.70. The van der Waals surface area contributed by atoms with Gasteiger partial charge in [0.15, 0.2) is 0 Å². The fourth-order valence-corrected chi connectivity index (χ4v) is 6.26. The van der Waals surface area contributed by atoms with Crippen molar-refractivity contribution in [2.24, 2.45) is 0 Å². The standard InChI is InChI=1S/C24H44N2O2/c1-5-13-21(14-6-1)25(22-15-7-2-8-16-22)27-28-26(23-17-9-3-10-18-23)24-19-11-4-12-20-24/h21-24H,1-20H2. The molecular formula is C24H44N2O2. The summed E-state index contributed by atoms with van der Waals surface area (Å²) in [5.41, 5.74) is 0. The topological polar surface area (TPSA) is 24.9 Å². The van der Waals surface area contributed by atoms with Crippen LogP contribution in [0.15, 0.2) is 0 Å². The lowest BCUT2D eigenvalue weighted by Crippen LogP contribution is -2.50.